The number of hydrogen-bond acceptors (Lipinski definition) is 2. The Labute approximate surface area is 82.2 Å². The van der Waals surface area contributed by atoms with Crippen molar-refractivity contribution in [3.63, 3.8) is 0 Å². The second-order valence-corrected chi connectivity index (χ2v) is 2.70. The van der Waals surface area contributed by atoms with Gasteiger partial charge in [-0.15, -0.1) is 0 Å². The van der Waals surface area contributed by atoms with Crippen molar-refractivity contribution < 1.29 is 22.7 Å². The van der Waals surface area contributed by atoms with Crippen LogP contribution in [0.25, 0.3) is 0 Å². The van der Waals surface area contributed by atoms with Gasteiger partial charge >= 0.3 is 0 Å². The van der Waals surface area contributed by atoms with Gasteiger partial charge in [-0.25, -0.2) is 8.78 Å². The smallest absolute Gasteiger partial charge is 0.204 e. The topological polar surface area (TPSA) is 26.3 Å². The van der Waals surface area contributed by atoms with Crippen molar-refractivity contribution in [3.05, 3.63) is 28.0 Å². The second kappa shape index (κ2) is 3.88. The molecule has 0 amide bonds. The lowest BCUT2D eigenvalue weighted by Crippen LogP contribution is -2.02. The van der Waals surface area contributed by atoms with Crippen molar-refractivity contribution in [1.82, 2.24) is 0 Å². The molecule has 1 aromatic rings. The van der Waals surface area contributed by atoms with E-state index in [-0.39, 0.29) is 6.29 Å². The molecule has 1 aromatic carbocycles. The molecule has 6 heteroatoms. The van der Waals surface area contributed by atoms with Gasteiger partial charge < -0.3 is 4.74 Å². The van der Waals surface area contributed by atoms with Crippen LogP contribution in [0.3, 0.4) is 0 Å². The van der Waals surface area contributed by atoms with Crippen LogP contribution in [0.4, 0.5) is 13.2 Å². The summed E-state index contributed by atoms with van der Waals surface area (Å²) in [5.41, 5.74) is -0.859. The molecule has 0 heterocycles. The number of halogens is 4. The molecule has 0 spiro atoms. The first-order valence-electron chi connectivity index (χ1n) is 3.39. The molecule has 0 unspecified atom stereocenters. The van der Waals surface area contributed by atoms with Gasteiger partial charge in [0.1, 0.15) is 0 Å². The maximum atomic E-state index is 13.1. The van der Waals surface area contributed by atoms with Gasteiger partial charge in [0.2, 0.25) is 5.82 Å². The zero-order valence-corrected chi connectivity index (χ0v) is 7.66. The molecule has 0 aliphatic carbocycles. The lowest BCUT2D eigenvalue weighted by atomic mass is 10.2. The van der Waals surface area contributed by atoms with E-state index in [9.17, 15) is 18.0 Å². The van der Waals surface area contributed by atoms with E-state index < -0.39 is 33.8 Å². The summed E-state index contributed by atoms with van der Waals surface area (Å²) in [7, 11) is 0.956. The van der Waals surface area contributed by atoms with Crippen molar-refractivity contribution in [2.24, 2.45) is 0 Å². The highest BCUT2D eigenvalue weighted by atomic mass is 35.5. The first kappa shape index (κ1) is 10.8. The summed E-state index contributed by atoms with van der Waals surface area (Å²) >= 11 is 5.26. The Morgan fingerprint density at radius 2 is 1.79 bits per heavy atom. The number of carbonyl (C=O) groups is 1. The SMILES string of the molecule is COc1c(F)c(F)c(C=O)c(Cl)c1F. The van der Waals surface area contributed by atoms with E-state index in [2.05, 4.69) is 4.74 Å². The maximum absolute atomic E-state index is 13.1. The van der Waals surface area contributed by atoms with Crippen LogP contribution in [-0.2, 0) is 0 Å². The van der Waals surface area contributed by atoms with E-state index in [1.807, 2.05) is 0 Å². The summed E-state index contributed by atoms with van der Waals surface area (Å²) in [6, 6.07) is 0. The molecule has 1 rings (SSSR count). The van der Waals surface area contributed by atoms with Gasteiger partial charge in [-0.2, -0.15) is 4.39 Å². The number of carbonyl (C=O) groups excluding carboxylic acids is 1. The fourth-order valence-electron chi connectivity index (χ4n) is 0.911. The minimum Gasteiger partial charge on any atom is -0.491 e. The van der Waals surface area contributed by atoms with Crippen LogP contribution in [0.5, 0.6) is 5.75 Å². The highest BCUT2D eigenvalue weighted by Crippen LogP contribution is 2.32. The average molecular weight is 225 g/mol. The summed E-state index contributed by atoms with van der Waals surface area (Å²) < 4.78 is 43.2. The number of methoxy groups -OCH3 is 1. The largest absolute Gasteiger partial charge is 0.491 e. The van der Waals surface area contributed by atoms with Crippen LogP contribution in [0.2, 0.25) is 5.02 Å². The van der Waals surface area contributed by atoms with Crippen molar-refractivity contribution in [1.29, 1.82) is 0 Å². The van der Waals surface area contributed by atoms with E-state index in [1.54, 1.807) is 0 Å². The zero-order valence-electron chi connectivity index (χ0n) is 6.91. The number of aldehydes is 1. The predicted molar refractivity (Wildman–Crippen MR) is 43.3 cm³/mol. The molecule has 0 radical (unpaired) electrons. The molecule has 0 aliphatic heterocycles. The number of rotatable bonds is 2. The van der Waals surface area contributed by atoms with Gasteiger partial charge in [-0.1, -0.05) is 11.6 Å². The summed E-state index contributed by atoms with van der Waals surface area (Å²) in [5, 5.41) is -0.796. The Balaban J connectivity index is 3.63. The van der Waals surface area contributed by atoms with Crippen molar-refractivity contribution in [2.75, 3.05) is 7.11 Å². The molecule has 0 aliphatic rings. The van der Waals surface area contributed by atoms with E-state index in [1.165, 1.54) is 0 Å². The predicted octanol–water partition coefficient (Wildman–Crippen LogP) is 2.58. The van der Waals surface area contributed by atoms with Crippen LogP contribution in [-0.4, -0.2) is 13.4 Å². The van der Waals surface area contributed by atoms with Gasteiger partial charge in [0.15, 0.2) is 23.7 Å². The maximum Gasteiger partial charge on any atom is 0.204 e. The van der Waals surface area contributed by atoms with Gasteiger partial charge in [0.05, 0.1) is 17.7 Å². The van der Waals surface area contributed by atoms with E-state index in [4.69, 9.17) is 11.6 Å². The van der Waals surface area contributed by atoms with Crippen molar-refractivity contribution in [3.8, 4) is 5.75 Å². The van der Waals surface area contributed by atoms with Crippen molar-refractivity contribution >= 4 is 17.9 Å². The van der Waals surface area contributed by atoms with Crippen LogP contribution in [0.1, 0.15) is 10.4 Å². The number of ether oxygens (including phenoxy) is 1. The summed E-state index contributed by atoms with van der Waals surface area (Å²) in [6.45, 7) is 0. The van der Waals surface area contributed by atoms with Crippen LogP contribution < -0.4 is 4.74 Å². The fourth-order valence-corrected chi connectivity index (χ4v) is 1.12. The molecule has 0 saturated heterocycles. The molecular weight excluding hydrogens is 221 g/mol. The van der Waals surface area contributed by atoms with Gasteiger partial charge in [0, 0.05) is 0 Å². The van der Waals surface area contributed by atoms with Crippen LogP contribution >= 0.6 is 11.6 Å². The normalized spacial score (nSPS) is 10.1. The molecule has 14 heavy (non-hydrogen) atoms. The van der Waals surface area contributed by atoms with Crippen LogP contribution in [0.15, 0.2) is 0 Å². The minimum atomic E-state index is -1.57. The summed E-state index contributed by atoms with van der Waals surface area (Å²) in [5.74, 6) is -5.34. The average Bonchev–Trinajstić information content (AvgIpc) is 2.17. The highest BCUT2D eigenvalue weighted by molar-refractivity contribution is 6.33. The Morgan fingerprint density at radius 1 is 1.21 bits per heavy atom. The molecule has 76 valence electrons. The Hall–Kier alpha value is -1.23. The number of benzene rings is 1. The molecule has 0 N–H and O–H groups in total. The zero-order chi connectivity index (χ0) is 10.9. The van der Waals surface area contributed by atoms with Gasteiger partial charge in [-0.05, 0) is 0 Å². The lowest BCUT2D eigenvalue weighted by Gasteiger charge is -2.07. The molecule has 0 fully saturated rings. The van der Waals surface area contributed by atoms with E-state index in [0.29, 0.717) is 0 Å². The molecule has 0 saturated carbocycles. The third-order valence-corrected chi connectivity index (χ3v) is 1.95. The van der Waals surface area contributed by atoms with E-state index >= 15 is 0 Å². The molecule has 0 atom stereocenters. The second-order valence-electron chi connectivity index (χ2n) is 2.32. The fraction of sp³-hybridized carbons (Fsp3) is 0.125. The standard InChI is InChI=1S/C8H4ClF3O2/c1-14-8-6(11)4(9)3(2-13)5(10)7(8)12/h2H,1H3. The lowest BCUT2D eigenvalue weighted by molar-refractivity contribution is 0.111. The quantitative estimate of drug-likeness (QED) is 0.570. The monoisotopic (exact) mass is 224 g/mol. The number of hydrogen-bond donors (Lipinski definition) is 0. The van der Waals surface area contributed by atoms with Gasteiger partial charge in [-0.3, -0.25) is 4.79 Å². The van der Waals surface area contributed by atoms with Crippen LogP contribution in [0, 0.1) is 17.5 Å². The Morgan fingerprint density at radius 3 is 2.21 bits per heavy atom. The third kappa shape index (κ3) is 1.43. The highest BCUT2D eigenvalue weighted by Gasteiger charge is 2.24. The first-order chi connectivity index (χ1) is 6.54. The van der Waals surface area contributed by atoms with Gasteiger partial charge in [0.25, 0.3) is 0 Å². The third-order valence-electron chi connectivity index (χ3n) is 1.58. The molecule has 0 aromatic heterocycles. The van der Waals surface area contributed by atoms with Crippen molar-refractivity contribution in [2.45, 2.75) is 0 Å². The van der Waals surface area contributed by atoms with E-state index in [0.717, 1.165) is 7.11 Å². The first-order valence-corrected chi connectivity index (χ1v) is 3.77. The summed E-state index contributed by atoms with van der Waals surface area (Å²) in [4.78, 5) is 10.3. The Kier molecular flexibility index (Phi) is 3.00. The molecular formula is C8H4ClF3O2. The molecule has 0 bridgehead atoms. The Bertz CT molecular complexity index is 364. The summed E-state index contributed by atoms with van der Waals surface area (Å²) in [6.07, 6.45) is -0.0662. The minimum absolute atomic E-state index is 0.0662. The molecule has 2 nitrogen and oxygen atoms in total.